The minimum atomic E-state index is -0.279. The van der Waals surface area contributed by atoms with E-state index in [1.54, 1.807) is 23.7 Å². The number of fused-ring (bicyclic) bond motifs is 1. The van der Waals surface area contributed by atoms with Crippen LogP contribution in [0.2, 0.25) is 0 Å². The van der Waals surface area contributed by atoms with E-state index in [1.807, 2.05) is 19.1 Å². The average Bonchev–Trinajstić information content (AvgIpc) is 2.88. The lowest BCUT2D eigenvalue weighted by molar-refractivity contribution is 0.718. The lowest BCUT2D eigenvalue weighted by atomic mass is 10.1. The molecule has 0 aromatic carbocycles. The normalized spacial score (nSPS) is 12.8. The Bertz CT molecular complexity index is 738. The molecular formula is C14H15N5S. The van der Waals surface area contributed by atoms with Crippen molar-refractivity contribution in [2.75, 3.05) is 6.54 Å². The molecule has 3 aromatic rings. The van der Waals surface area contributed by atoms with Crippen LogP contribution in [0.3, 0.4) is 0 Å². The van der Waals surface area contributed by atoms with E-state index in [0.717, 1.165) is 27.0 Å². The molecule has 0 saturated heterocycles. The quantitative estimate of drug-likeness (QED) is 0.768. The molecule has 1 atom stereocenters. The molecule has 0 aliphatic heterocycles. The van der Waals surface area contributed by atoms with E-state index in [4.69, 9.17) is 11.5 Å². The Morgan fingerprint density at radius 2 is 2.00 bits per heavy atom. The van der Waals surface area contributed by atoms with Crippen LogP contribution < -0.4 is 11.5 Å². The Balaban J connectivity index is 2.27. The molecule has 3 aromatic heterocycles. The molecule has 6 heteroatoms. The van der Waals surface area contributed by atoms with Gasteiger partial charge in [0.1, 0.15) is 0 Å². The van der Waals surface area contributed by atoms with Crippen LogP contribution in [-0.2, 0) is 0 Å². The fourth-order valence-electron chi connectivity index (χ4n) is 2.05. The maximum Gasteiger partial charge on any atom is 0.160 e. The van der Waals surface area contributed by atoms with Crippen molar-refractivity contribution in [2.24, 2.45) is 11.5 Å². The summed E-state index contributed by atoms with van der Waals surface area (Å²) in [6.45, 7) is 2.40. The molecule has 0 amide bonds. The SMILES string of the molecule is Cc1csc2c(C(N)CN)nc(-c3ccncc3)nc12. The van der Waals surface area contributed by atoms with Gasteiger partial charge in [-0.3, -0.25) is 4.98 Å². The third kappa shape index (κ3) is 2.18. The standard InChI is InChI=1S/C14H15N5S/c1-8-7-20-13-11(8)18-14(9-2-4-17-5-3-9)19-12(13)10(16)6-15/h2-5,7,10H,6,15-16H2,1H3. The molecule has 0 saturated carbocycles. The van der Waals surface area contributed by atoms with Gasteiger partial charge in [-0.1, -0.05) is 0 Å². The van der Waals surface area contributed by atoms with Gasteiger partial charge in [0.2, 0.25) is 0 Å². The van der Waals surface area contributed by atoms with Gasteiger partial charge in [-0.2, -0.15) is 0 Å². The van der Waals surface area contributed by atoms with Crippen molar-refractivity contribution in [3.8, 4) is 11.4 Å². The van der Waals surface area contributed by atoms with Crippen molar-refractivity contribution >= 4 is 21.6 Å². The van der Waals surface area contributed by atoms with Crippen LogP contribution in [0, 0.1) is 6.92 Å². The number of hydrogen-bond acceptors (Lipinski definition) is 6. The van der Waals surface area contributed by atoms with Crippen molar-refractivity contribution in [1.29, 1.82) is 0 Å². The lowest BCUT2D eigenvalue weighted by Crippen LogP contribution is -2.22. The summed E-state index contributed by atoms with van der Waals surface area (Å²) >= 11 is 1.62. The summed E-state index contributed by atoms with van der Waals surface area (Å²) in [5, 5.41) is 2.07. The molecule has 5 nitrogen and oxygen atoms in total. The molecule has 0 bridgehead atoms. The Labute approximate surface area is 120 Å². The molecule has 20 heavy (non-hydrogen) atoms. The highest BCUT2D eigenvalue weighted by Crippen LogP contribution is 2.30. The van der Waals surface area contributed by atoms with Crippen molar-refractivity contribution < 1.29 is 0 Å². The number of nitrogens with zero attached hydrogens (tertiary/aromatic N) is 3. The predicted octanol–water partition coefficient (Wildman–Crippen LogP) is 2.02. The van der Waals surface area contributed by atoms with Gasteiger partial charge in [-0.05, 0) is 30.0 Å². The van der Waals surface area contributed by atoms with Gasteiger partial charge in [0, 0.05) is 24.5 Å². The van der Waals surface area contributed by atoms with Gasteiger partial charge >= 0.3 is 0 Å². The first-order valence-corrected chi connectivity index (χ1v) is 7.20. The zero-order valence-corrected chi connectivity index (χ0v) is 11.9. The zero-order valence-electron chi connectivity index (χ0n) is 11.1. The summed E-state index contributed by atoms with van der Waals surface area (Å²) < 4.78 is 1.03. The molecule has 3 rings (SSSR count). The van der Waals surface area contributed by atoms with E-state index < -0.39 is 0 Å². The zero-order chi connectivity index (χ0) is 14.1. The first kappa shape index (κ1) is 13.1. The summed E-state index contributed by atoms with van der Waals surface area (Å²) in [5.74, 6) is 0.667. The number of nitrogens with two attached hydrogens (primary N) is 2. The van der Waals surface area contributed by atoms with E-state index >= 15 is 0 Å². The van der Waals surface area contributed by atoms with Gasteiger partial charge < -0.3 is 11.5 Å². The summed E-state index contributed by atoms with van der Waals surface area (Å²) in [5.41, 5.74) is 15.6. The van der Waals surface area contributed by atoms with Crippen LogP contribution in [0.1, 0.15) is 17.3 Å². The van der Waals surface area contributed by atoms with Crippen molar-refractivity contribution in [3.63, 3.8) is 0 Å². The Morgan fingerprint density at radius 3 is 2.70 bits per heavy atom. The number of aryl methyl sites for hydroxylation is 1. The minimum absolute atomic E-state index is 0.279. The maximum absolute atomic E-state index is 6.10. The molecule has 0 fully saturated rings. The van der Waals surface area contributed by atoms with Gasteiger partial charge in [0.15, 0.2) is 5.82 Å². The van der Waals surface area contributed by atoms with Crippen molar-refractivity contribution in [1.82, 2.24) is 15.0 Å². The smallest absolute Gasteiger partial charge is 0.160 e. The molecular weight excluding hydrogens is 270 g/mol. The van der Waals surface area contributed by atoms with Crippen molar-refractivity contribution in [2.45, 2.75) is 13.0 Å². The van der Waals surface area contributed by atoms with Crippen LogP contribution >= 0.6 is 11.3 Å². The second kappa shape index (κ2) is 5.24. The number of pyridine rings is 1. The number of rotatable bonds is 3. The second-order valence-corrected chi connectivity index (χ2v) is 5.49. The van der Waals surface area contributed by atoms with Crippen LogP contribution in [0.4, 0.5) is 0 Å². The largest absolute Gasteiger partial charge is 0.329 e. The summed E-state index contributed by atoms with van der Waals surface area (Å²) in [4.78, 5) is 13.3. The average molecular weight is 285 g/mol. The highest BCUT2D eigenvalue weighted by atomic mass is 32.1. The fourth-order valence-corrected chi connectivity index (χ4v) is 3.09. The topological polar surface area (TPSA) is 90.7 Å². The molecule has 102 valence electrons. The summed E-state index contributed by atoms with van der Waals surface area (Å²) in [7, 11) is 0. The minimum Gasteiger partial charge on any atom is -0.329 e. The highest BCUT2D eigenvalue weighted by Gasteiger charge is 2.16. The fraction of sp³-hybridized carbons (Fsp3) is 0.214. The Hall–Kier alpha value is -1.89. The first-order chi connectivity index (χ1) is 9.70. The monoisotopic (exact) mass is 285 g/mol. The Morgan fingerprint density at radius 1 is 1.25 bits per heavy atom. The summed E-state index contributed by atoms with van der Waals surface area (Å²) in [6, 6.07) is 3.50. The van der Waals surface area contributed by atoms with Gasteiger partial charge in [-0.15, -0.1) is 11.3 Å². The van der Waals surface area contributed by atoms with Gasteiger partial charge in [0.05, 0.1) is 22.0 Å². The maximum atomic E-state index is 6.10. The van der Waals surface area contributed by atoms with E-state index in [9.17, 15) is 0 Å². The highest BCUT2D eigenvalue weighted by molar-refractivity contribution is 7.17. The molecule has 1 unspecified atom stereocenters. The van der Waals surface area contributed by atoms with Crippen LogP contribution in [0.15, 0.2) is 29.9 Å². The van der Waals surface area contributed by atoms with Crippen LogP contribution in [0.5, 0.6) is 0 Å². The summed E-state index contributed by atoms with van der Waals surface area (Å²) in [6.07, 6.45) is 3.46. The lowest BCUT2D eigenvalue weighted by Gasteiger charge is -2.11. The molecule has 4 N–H and O–H groups in total. The van der Waals surface area contributed by atoms with E-state index in [2.05, 4.69) is 20.3 Å². The van der Waals surface area contributed by atoms with E-state index in [0.29, 0.717) is 12.4 Å². The third-order valence-electron chi connectivity index (χ3n) is 3.16. The Kier molecular flexibility index (Phi) is 3.43. The number of thiophene rings is 1. The number of aromatic nitrogens is 3. The third-order valence-corrected chi connectivity index (χ3v) is 4.27. The molecule has 0 aliphatic rings. The van der Waals surface area contributed by atoms with E-state index in [-0.39, 0.29) is 6.04 Å². The molecule has 0 spiro atoms. The number of hydrogen-bond donors (Lipinski definition) is 2. The molecule has 3 heterocycles. The van der Waals surface area contributed by atoms with Crippen LogP contribution in [-0.4, -0.2) is 21.5 Å². The molecule has 0 aliphatic carbocycles. The second-order valence-electron chi connectivity index (χ2n) is 4.61. The van der Waals surface area contributed by atoms with Gasteiger partial charge in [-0.25, -0.2) is 9.97 Å². The van der Waals surface area contributed by atoms with Crippen molar-refractivity contribution in [3.05, 3.63) is 41.2 Å². The molecule has 0 radical (unpaired) electrons. The van der Waals surface area contributed by atoms with Gasteiger partial charge in [0.25, 0.3) is 0 Å². The first-order valence-electron chi connectivity index (χ1n) is 6.32. The van der Waals surface area contributed by atoms with Crippen LogP contribution in [0.25, 0.3) is 21.6 Å². The van der Waals surface area contributed by atoms with E-state index in [1.165, 1.54) is 0 Å². The predicted molar refractivity (Wildman–Crippen MR) is 81.4 cm³/mol.